The molecule has 1 heterocycles. The molecule has 0 bridgehead atoms. The molecule has 38 heavy (non-hydrogen) atoms. The molecule has 9 nitrogen and oxygen atoms in total. The number of anilines is 1. The van der Waals surface area contributed by atoms with E-state index < -0.39 is 23.8 Å². The summed E-state index contributed by atoms with van der Waals surface area (Å²) in [7, 11) is 0. The Morgan fingerprint density at radius 2 is 1.68 bits per heavy atom. The Bertz CT molecular complexity index is 1380. The van der Waals surface area contributed by atoms with Crippen molar-refractivity contribution in [2.45, 2.75) is 32.6 Å². The molecule has 1 aliphatic carbocycles. The van der Waals surface area contributed by atoms with Gasteiger partial charge in [0.1, 0.15) is 10.8 Å². The molecule has 0 spiro atoms. The predicted octanol–water partition coefficient (Wildman–Crippen LogP) is 4.87. The Balaban J connectivity index is 1.33. The highest BCUT2D eigenvalue weighted by Crippen LogP contribution is 2.38. The highest BCUT2D eigenvalue weighted by Gasteiger charge is 2.28. The SMILES string of the molecule is CCOC(=O)c1c(NC(=O)C(=O)N/N=C/c2ccc(OC(=O)c3ccc(Br)cc3)cc2)sc2c1CCCC2. The van der Waals surface area contributed by atoms with E-state index in [1.807, 2.05) is 0 Å². The van der Waals surface area contributed by atoms with E-state index in [1.165, 1.54) is 17.6 Å². The first kappa shape index (κ1) is 27.2. The van der Waals surface area contributed by atoms with Gasteiger partial charge in [0.05, 0.1) is 23.9 Å². The van der Waals surface area contributed by atoms with Crippen LogP contribution in [0.2, 0.25) is 0 Å². The second kappa shape index (κ2) is 12.6. The summed E-state index contributed by atoms with van der Waals surface area (Å²) in [5.74, 6) is -2.58. The van der Waals surface area contributed by atoms with Crippen LogP contribution in [0.4, 0.5) is 5.00 Å². The number of benzene rings is 2. The first-order chi connectivity index (χ1) is 18.4. The third kappa shape index (κ3) is 6.73. The number of hydrogen-bond acceptors (Lipinski definition) is 8. The molecule has 1 aliphatic rings. The monoisotopic (exact) mass is 597 g/mol. The van der Waals surface area contributed by atoms with E-state index in [4.69, 9.17) is 9.47 Å². The summed E-state index contributed by atoms with van der Waals surface area (Å²) in [6.07, 6.45) is 4.86. The van der Waals surface area contributed by atoms with Crippen molar-refractivity contribution < 1.29 is 28.7 Å². The number of halogens is 1. The van der Waals surface area contributed by atoms with E-state index in [0.29, 0.717) is 27.4 Å². The second-order valence-corrected chi connectivity index (χ2v) is 10.3. The van der Waals surface area contributed by atoms with Gasteiger partial charge in [-0.25, -0.2) is 15.0 Å². The van der Waals surface area contributed by atoms with Gasteiger partial charge in [-0.05, 0) is 92.3 Å². The van der Waals surface area contributed by atoms with E-state index in [0.717, 1.165) is 40.6 Å². The van der Waals surface area contributed by atoms with Crippen molar-refractivity contribution in [3.05, 3.63) is 80.1 Å². The van der Waals surface area contributed by atoms with Crippen LogP contribution in [0.5, 0.6) is 5.75 Å². The molecule has 2 aromatic carbocycles. The second-order valence-electron chi connectivity index (χ2n) is 8.25. The molecule has 0 radical (unpaired) electrons. The number of fused-ring (bicyclic) bond motifs is 1. The van der Waals surface area contributed by atoms with Gasteiger partial charge in [-0.15, -0.1) is 11.3 Å². The number of hydrazone groups is 1. The van der Waals surface area contributed by atoms with Gasteiger partial charge in [0.2, 0.25) is 0 Å². The zero-order valence-electron chi connectivity index (χ0n) is 20.4. The lowest BCUT2D eigenvalue weighted by atomic mass is 9.95. The standard InChI is InChI=1S/C27H24BrN3O6S/c1-2-36-27(35)22-20-5-3-4-6-21(20)38-25(22)30-23(32)24(33)31-29-15-16-7-13-19(14-8-16)37-26(34)17-9-11-18(28)12-10-17/h7-15H,2-6H2,1H3,(H,30,32)(H,31,33)/b29-15+. The summed E-state index contributed by atoms with van der Waals surface area (Å²) < 4.78 is 11.4. The fourth-order valence-corrected chi connectivity index (χ4v) is 5.36. The van der Waals surface area contributed by atoms with E-state index in [9.17, 15) is 19.2 Å². The zero-order valence-corrected chi connectivity index (χ0v) is 22.8. The highest BCUT2D eigenvalue weighted by atomic mass is 79.9. The number of aryl methyl sites for hydroxylation is 1. The molecule has 196 valence electrons. The number of carbonyl (C=O) groups excluding carboxylic acids is 4. The number of nitrogens with zero attached hydrogens (tertiary/aromatic N) is 1. The van der Waals surface area contributed by atoms with Crippen LogP contribution in [0, 0.1) is 0 Å². The Morgan fingerprint density at radius 3 is 2.39 bits per heavy atom. The topological polar surface area (TPSA) is 123 Å². The number of hydrogen-bond donors (Lipinski definition) is 2. The predicted molar refractivity (Wildman–Crippen MR) is 147 cm³/mol. The van der Waals surface area contributed by atoms with E-state index in [-0.39, 0.29) is 6.61 Å². The lowest BCUT2D eigenvalue weighted by Gasteiger charge is -2.12. The quantitative estimate of drug-likeness (QED) is 0.132. The van der Waals surface area contributed by atoms with Gasteiger partial charge in [0, 0.05) is 9.35 Å². The number of nitrogens with one attached hydrogen (secondary N) is 2. The van der Waals surface area contributed by atoms with Gasteiger partial charge >= 0.3 is 23.8 Å². The number of esters is 2. The summed E-state index contributed by atoms with van der Waals surface area (Å²) in [6, 6.07) is 13.2. The molecule has 0 unspecified atom stereocenters. The average molecular weight is 598 g/mol. The zero-order chi connectivity index (χ0) is 27.1. The van der Waals surface area contributed by atoms with Crippen LogP contribution in [0.15, 0.2) is 58.1 Å². The molecule has 0 saturated carbocycles. The van der Waals surface area contributed by atoms with Crippen LogP contribution >= 0.6 is 27.3 Å². The van der Waals surface area contributed by atoms with Crippen LogP contribution < -0.4 is 15.5 Å². The number of carbonyl (C=O) groups is 4. The molecule has 2 amide bonds. The molecule has 0 fully saturated rings. The summed E-state index contributed by atoms with van der Waals surface area (Å²) in [6.45, 7) is 1.92. The fourth-order valence-electron chi connectivity index (χ4n) is 3.82. The summed E-state index contributed by atoms with van der Waals surface area (Å²) in [5, 5.41) is 6.67. The molecule has 0 aliphatic heterocycles. The first-order valence-corrected chi connectivity index (χ1v) is 13.5. The average Bonchev–Trinajstić information content (AvgIpc) is 3.28. The maximum atomic E-state index is 12.5. The van der Waals surface area contributed by atoms with Gasteiger partial charge in [0.15, 0.2) is 0 Å². The Labute approximate surface area is 231 Å². The minimum Gasteiger partial charge on any atom is -0.462 e. The van der Waals surface area contributed by atoms with E-state index in [2.05, 4.69) is 31.8 Å². The van der Waals surface area contributed by atoms with Gasteiger partial charge in [-0.3, -0.25) is 9.59 Å². The Kier molecular flexibility index (Phi) is 9.03. The highest BCUT2D eigenvalue weighted by molar-refractivity contribution is 9.10. The van der Waals surface area contributed by atoms with Crippen LogP contribution in [-0.4, -0.2) is 36.6 Å². The molecular formula is C27H24BrN3O6S. The van der Waals surface area contributed by atoms with Crippen LogP contribution in [0.1, 0.15) is 56.5 Å². The number of amides is 2. The summed E-state index contributed by atoms with van der Waals surface area (Å²) in [4.78, 5) is 50.6. The largest absolute Gasteiger partial charge is 0.462 e. The third-order valence-electron chi connectivity index (χ3n) is 5.63. The molecule has 2 N–H and O–H groups in total. The minimum absolute atomic E-state index is 0.209. The third-order valence-corrected chi connectivity index (χ3v) is 7.37. The van der Waals surface area contributed by atoms with Crippen molar-refractivity contribution in [1.82, 2.24) is 5.43 Å². The van der Waals surface area contributed by atoms with Gasteiger partial charge in [0.25, 0.3) is 0 Å². The van der Waals surface area contributed by atoms with Gasteiger partial charge in [-0.1, -0.05) is 15.9 Å². The van der Waals surface area contributed by atoms with Crippen molar-refractivity contribution in [1.29, 1.82) is 0 Å². The lowest BCUT2D eigenvalue weighted by Crippen LogP contribution is -2.32. The summed E-state index contributed by atoms with van der Waals surface area (Å²) >= 11 is 4.61. The van der Waals surface area contributed by atoms with E-state index >= 15 is 0 Å². The van der Waals surface area contributed by atoms with Crippen LogP contribution in [0.3, 0.4) is 0 Å². The molecule has 0 saturated heterocycles. The van der Waals surface area contributed by atoms with Crippen molar-refractivity contribution in [2.75, 3.05) is 11.9 Å². The fraction of sp³-hybridized carbons (Fsp3) is 0.222. The van der Waals surface area contributed by atoms with Gasteiger partial charge < -0.3 is 14.8 Å². The number of rotatable bonds is 7. The lowest BCUT2D eigenvalue weighted by molar-refractivity contribution is -0.136. The van der Waals surface area contributed by atoms with Crippen molar-refractivity contribution in [3.8, 4) is 5.75 Å². The number of thiophene rings is 1. The van der Waals surface area contributed by atoms with E-state index in [1.54, 1.807) is 55.5 Å². The van der Waals surface area contributed by atoms with Crippen molar-refractivity contribution in [2.24, 2.45) is 5.10 Å². The maximum Gasteiger partial charge on any atom is 0.343 e. The van der Waals surface area contributed by atoms with Crippen LogP contribution in [0.25, 0.3) is 0 Å². The number of ether oxygens (including phenoxy) is 2. The molecule has 4 rings (SSSR count). The Hall–Kier alpha value is -3.83. The maximum absolute atomic E-state index is 12.5. The minimum atomic E-state index is -0.984. The normalized spacial score (nSPS) is 12.5. The Morgan fingerprint density at radius 1 is 0.974 bits per heavy atom. The van der Waals surface area contributed by atoms with Crippen LogP contribution in [-0.2, 0) is 27.2 Å². The molecule has 1 aromatic heterocycles. The smallest absolute Gasteiger partial charge is 0.343 e. The van der Waals surface area contributed by atoms with Crippen molar-refractivity contribution in [3.63, 3.8) is 0 Å². The van der Waals surface area contributed by atoms with Gasteiger partial charge in [-0.2, -0.15) is 5.10 Å². The summed E-state index contributed by atoms with van der Waals surface area (Å²) in [5.41, 5.74) is 4.41. The first-order valence-electron chi connectivity index (χ1n) is 11.9. The molecule has 0 atom stereocenters. The van der Waals surface area contributed by atoms with Crippen molar-refractivity contribution >= 4 is 62.2 Å². The molecule has 11 heteroatoms. The molecule has 3 aromatic rings. The molecular weight excluding hydrogens is 574 g/mol.